The first-order valence-corrected chi connectivity index (χ1v) is 6.79. The van der Waals surface area contributed by atoms with Crippen molar-refractivity contribution in [1.29, 1.82) is 0 Å². The van der Waals surface area contributed by atoms with E-state index in [1.165, 1.54) is 10.4 Å². The second kappa shape index (κ2) is 4.84. The summed E-state index contributed by atoms with van der Waals surface area (Å²) in [5.41, 5.74) is 1.42. The summed E-state index contributed by atoms with van der Waals surface area (Å²) in [5.74, 6) is 0. The number of thiophene rings is 1. The zero-order valence-electron chi connectivity index (χ0n) is 9.35. The minimum Gasteiger partial charge on any atom is -0.379 e. The van der Waals surface area contributed by atoms with Crippen LogP contribution in [-0.2, 0) is 15.9 Å². The van der Waals surface area contributed by atoms with E-state index in [1.807, 2.05) is 11.3 Å². The highest BCUT2D eigenvalue weighted by molar-refractivity contribution is 7.10. The number of rotatable bonds is 2. The van der Waals surface area contributed by atoms with Crippen molar-refractivity contribution in [2.24, 2.45) is 0 Å². The molecule has 16 heavy (non-hydrogen) atoms. The molecule has 0 N–H and O–H groups in total. The summed E-state index contributed by atoms with van der Waals surface area (Å²) in [6, 6.07) is 2.23. The Morgan fingerprint density at radius 2 is 2.19 bits per heavy atom. The molecule has 2 aliphatic rings. The molecule has 0 radical (unpaired) electrons. The van der Waals surface area contributed by atoms with Crippen molar-refractivity contribution < 1.29 is 9.47 Å². The van der Waals surface area contributed by atoms with Gasteiger partial charge in [0.05, 0.1) is 25.9 Å². The highest BCUT2D eigenvalue weighted by atomic mass is 32.1. The molecule has 0 bridgehead atoms. The molecule has 3 heterocycles. The summed E-state index contributed by atoms with van der Waals surface area (Å²) in [4.78, 5) is 3.96. The maximum atomic E-state index is 5.89. The van der Waals surface area contributed by atoms with Crippen LogP contribution in [0.5, 0.6) is 0 Å². The Morgan fingerprint density at radius 3 is 3.06 bits per heavy atom. The summed E-state index contributed by atoms with van der Waals surface area (Å²) in [6.07, 6.45) is 1.38. The third-order valence-corrected chi connectivity index (χ3v) is 4.30. The van der Waals surface area contributed by atoms with Crippen LogP contribution in [0, 0.1) is 0 Å². The molecule has 0 aromatic carbocycles. The molecule has 0 saturated carbocycles. The van der Waals surface area contributed by atoms with Crippen molar-refractivity contribution in [3.63, 3.8) is 0 Å². The highest BCUT2D eigenvalue weighted by Crippen LogP contribution is 2.31. The van der Waals surface area contributed by atoms with E-state index in [-0.39, 0.29) is 6.10 Å². The van der Waals surface area contributed by atoms with Gasteiger partial charge in [-0.1, -0.05) is 0 Å². The van der Waals surface area contributed by atoms with Crippen molar-refractivity contribution in [3.8, 4) is 0 Å². The molecule has 1 saturated heterocycles. The van der Waals surface area contributed by atoms with Crippen LogP contribution in [0.2, 0.25) is 0 Å². The van der Waals surface area contributed by atoms with Gasteiger partial charge in [-0.2, -0.15) is 0 Å². The average Bonchev–Trinajstić information content (AvgIpc) is 2.80. The maximum absolute atomic E-state index is 5.89. The van der Waals surface area contributed by atoms with Gasteiger partial charge in [0, 0.05) is 30.9 Å². The van der Waals surface area contributed by atoms with Gasteiger partial charge in [-0.25, -0.2) is 0 Å². The van der Waals surface area contributed by atoms with E-state index in [9.17, 15) is 0 Å². The molecular weight excluding hydrogens is 222 g/mol. The molecule has 0 spiro atoms. The second-order valence-corrected chi connectivity index (χ2v) is 5.32. The van der Waals surface area contributed by atoms with E-state index in [0.29, 0.717) is 0 Å². The lowest BCUT2D eigenvalue weighted by atomic mass is 10.1. The third kappa shape index (κ3) is 2.15. The smallest absolute Gasteiger partial charge is 0.0962 e. The first-order chi connectivity index (χ1) is 7.93. The molecule has 0 aliphatic carbocycles. The molecule has 1 fully saturated rings. The van der Waals surface area contributed by atoms with Gasteiger partial charge in [-0.05, 0) is 17.0 Å². The Labute approximate surface area is 100.0 Å². The van der Waals surface area contributed by atoms with Gasteiger partial charge in [0.25, 0.3) is 0 Å². The first-order valence-electron chi connectivity index (χ1n) is 5.91. The predicted octanol–water partition coefficient (Wildman–Crippen LogP) is 1.69. The van der Waals surface area contributed by atoms with Crippen LogP contribution >= 0.6 is 11.3 Å². The molecule has 0 unspecified atom stereocenters. The van der Waals surface area contributed by atoms with E-state index < -0.39 is 0 Å². The maximum Gasteiger partial charge on any atom is 0.0962 e. The van der Waals surface area contributed by atoms with Crippen LogP contribution in [0.4, 0.5) is 0 Å². The number of nitrogens with zero attached hydrogens (tertiary/aromatic N) is 1. The van der Waals surface area contributed by atoms with Gasteiger partial charge < -0.3 is 9.47 Å². The van der Waals surface area contributed by atoms with Crippen LogP contribution in [0.15, 0.2) is 11.4 Å². The quantitative estimate of drug-likeness (QED) is 0.784. The number of hydrogen-bond donors (Lipinski definition) is 0. The summed E-state index contributed by atoms with van der Waals surface area (Å²) in [5, 5.41) is 2.19. The predicted molar refractivity (Wildman–Crippen MR) is 64.0 cm³/mol. The number of morpholine rings is 1. The molecule has 3 nitrogen and oxygen atoms in total. The highest BCUT2D eigenvalue weighted by Gasteiger charge is 2.24. The summed E-state index contributed by atoms with van der Waals surface area (Å²) < 4.78 is 11.3. The second-order valence-electron chi connectivity index (χ2n) is 4.32. The molecule has 2 aliphatic heterocycles. The van der Waals surface area contributed by atoms with Crippen molar-refractivity contribution in [1.82, 2.24) is 4.90 Å². The molecular formula is C12H17NO2S. The van der Waals surface area contributed by atoms with E-state index in [2.05, 4.69) is 16.3 Å². The molecule has 0 amide bonds. The lowest BCUT2D eigenvalue weighted by Gasteiger charge is -2.32. The fourth-order valence-corrected chi connectivity index (χ4v) is 3.31. The van der Waals surface area contributed by atoms with Crippen LogP contribution < -0.4 is 0 Å². The van der Waals surface area contributed by atoms with Crippen LogP contribution in [0.3, 0.4) is 0 Å². The molecule has 1 aromatic rings. The van der Waals surface area contributed by atoms with Crippen molar-refractivity contribution >= 4 is 11.3 Å². The Bertz CT molecular complexity index is 347. The largest absolute Gasteiger partial charge is 0.379 e. The van der Waals surface area contributed by atoms with E-state index in [0.717, 1.165) is 45.9 Å². The summed E-state index contributed by atoms with van der Waals surface area (Å²) >= 11 is 1.87. The molecule has 1 aromatic heterocycles. The van der Waals surface area contributed by atoms with Crippen molar-refractivity contribution in [2.45, 2.75) is 12.5 Å². The first kappa shape index (κ1) is 10.7. The SMILES string of the molecule is c1cc2c(s1)CCO[C@@H]2CN1CCOCC1. The molecule has 4 heteroatoms. The van der Waals surface area contributed by atoms with E-state index in [1.54, 1.807) is 0 Å². The van der Waals surface area contributed by atoms with Crippen molar-refractivity contribution in [3.05, 3.63) is 21.9 Å². The average molecular weight is 239 g/mol. The van der Waals surface area contributed by atoms with Crippen LogP contribution in [0.25, 0.3) is 0 Å². The Hall–Kier alpha value is -0.420. The standard InChI is InChI=1S/C12H17NO2S/c1-5-15-11(10-2-8-16-12(1)10)9-13-3-6-14-7-4-13/h2,8,11H,1,3-7,9H2/t11-/m1/s1. The normalized spacial score (nSPS) is 26.6. The topological polar surface area (TPSA) is 21.7 Å². The molecule has 88 valence electrons. The summed E-state index contributed by atoms with van der Waals surface area (Å²) in [6.45, 7) is 5.71. The lowest BCUT2D eigenvalue weighted by Crippen LogP contribution is -2.40. The van der Waals surface area contributed by atoms with E-state index >= 15 is 0 Å². The fraction of sp³-hybridized carbons (Fsp3) is 0.667. The van der Waals surface area contributed by atoms with E-state index in [4.69, 9.17) is 9.47 Å². The molecule has 3 rings (SSSR count). The van der Waals surface area contributed by atoms with Crippen molar-refractivity contribution in [2.75, 3.05) is 39.5 Å². The van der Waals surface area contributed by atoms with Gasteiger partial charge in [-0.3, -0.25) is 4.90 Å². The van der Waals surface area contributed by atoms with Crippen LogP contribution in [-0.4, -0.2) is 44.4 Å². The van der Waals surface area contributed by atoms with Gasteiger partial charge in [0.15, 0.2) is 0 Å². The lowest BCUT2D eigenvalue weighted by molar-refractivity contribution is -0.0174. The monoisotopic (exact) mass is 239 g/mol. The van der Waals surface area contributed by atoms with Crippen LogP contribution in [0.1, 0.15) is 16.5 Å². The number of ether oxygens (including phenoxy) is 2. The number of hydrogen-bond acceptors (Lipinski definition) is 4. The zero-order chi connectivity index (χ0) is 10.8. The van der Waals surface area contributed by atoms with Gasteiger partial charge in [-0.15, -0.1) is 11.3 Å². The minimum atomic E-state index is 0.285. The molecule has 1 atom stereocenters. The Balaban J connectivity index is 1.67. The van der Waals surface area contributed by atoms with Gasteiger partial charge in [0.2, 0.25) is 0 Å². The Morgan fingerprint density at radius 1 is 1.31 bits per heavy atom. The Kier molecular flexibility index (Phi) is 3.24. The summed E-state index contributed by atoms with van der Waals surface area (Å²) in [7, 11) is 0. The zero-order valence-corrected chi connectivity index (χ0v) is 10.2. The minimum absolute atomic E-state index is 0.285. The number of fused-ring (bicyclic) bond motifs is 1. The van der Waals surface area contributed by atoms with Gasteiger partial charge >= 0.3 is 0 Å². The fourth-order valence-electron chi connectivity index (χ4n) is 2.39. The van der Waals surface area contributed by atoms with Gasteiger partial charge in [0.1, 0.15) is 0 Å². The third-order valence-electron chi connectivity index (χ3n) is 3.30.